The van der Waals surface area contributed by atoms with Crippen molar-refractivity contribution in [2.24, 2.45) is 0 Å². The average Bonchev–Trinajstić information content (AvgIpc) is 3.51. The van der Waals surface area contributed by atoms with Crippen molar-refractivity contribution in [2.75, 3.05) is 30.0 Å². The molecular formula is C33H35F2N5O5S. The third-order valence-electron chi connectivity index (χ3n) is 8.21. The monoisotopic (exact) mass is 651 g/mol. The summed E-state index contributed by atoms with van der Waals surface area (Å²) in [7, 11) is -2.62. The van der Waals surface area contributed by atoms with Gasteiger partial charge in [0.25, 0.3) is 0 Å². The molecule has 1 aromatic heterocycles. The van der Waals surface area contributed by atoms with Crippen LogP contribution in [0.15, 0.2) is 65.7 Å². The zero-order chi connectivity index (χ0) is 33.3. The molecule has 2 atom stereocenters. The number of nitrogens with one attached hydrogen (secondary N) is 2. The van der Waals surface area contributed by atoms with Crippen LogP contribution in [0, 0.1) is 18.6 Å². The Kier molecular flexibility index (Phi) is 9.15. The molecule has 5 rings (SSSR count). The van der Waals surface area contributed by atoms with Crippen LogP contribution in [0.3, 0.4) is 0 Å². The highest BCUT2D eigenvalue weighted by Gasteiger charge is 2.39. The zero-order valence-corrected chi connectivity index (χ0v) is 26.6. The van der Waals surface area contributed by atoms with Crippen LogP contribution in [-0.2, 0) is 19.4 Å². The van der Waals surface area contributed by atoms with E-state index < -0.39 is 50.8 Å². The van der Waals surface area contributed by atoms with Crippen molar-refractivity contribution >= 4 is 49.8 Å². The first-order valence-electron chi connectivity index (χ1n) is 14.7. The number of aryl methyl sites for hydroxylation is 1. The van der Waals surface area contributed by atoms with E-state index >= 15 is 4.39 Å². The first-order valence-corrected chi connectivity index (χ1v) is 16.3. The lowest BCUT2D eigenvalue weighted by Crippen LogP contribution is -2.38. The van der Waals surface area contributed by atoms with Gasteiger partial charge in [-0.1, -0.05) is 0 Å². The molecule has 0 saturated carbocycles. The van der Waals surface area contributed by atoms with E-state index in [1.54, 1.807) is 44.3 Å². The molecular weight excluding hydrogens is 616 g/mol. The van der Waals surface area contributed by atoms with Crippen LogP contribution in [0.25, 0.3) is 10.8 Å². The predicted molar refractivity (Wildman–Crippen MR) is 172 cm³/mol. The van der Waals surface area contributed by atoms with E-state index in [-0.39, 0.29) is 28.3 Å². The smallest absolute Gasteiger partial charge is 0.411 e. The van der Waals surface area contributed by atoms with Crippen LogP contribution in [0.4, 0.5) is 30.8 Å². The molecule has 0 radical (unpaired) electrons. The molecule has 1 fully saturated rings. The number of methoxy groups -OCH3 is 1. The van der Waals surface area contributed by atoms with Crippen LogP contribution in [0.5, 0.6) is 0 Å². The minimum Gasteiger partial charge on any atom is -0.453 e. The number of nitrogens with zero attached hydrogens (tertiary/aromatic N) is 2. The van der Waals surface area contributed by atoms with Gasteiger partial charge in [-0.05, 0) is 98.7 Å². The Morgan fingerprint density at radius 3 is 2.50 bits per heavy atom. The van der Waals surface area contributed by atoms with Gasteiger partial charge in [-0.2, -0.15) is 0 Å². The normalized spacial score (nSPS) is 15.6. The molecule has 0 bridgehead atoms. The maximum absolute atomic E-state index is 15.5. The molecule has 0 spiro atoms. The summed E-state index contributed by atoms with van der Waals surface area (Å²) in [5.41, 5.74) is 7.16. The molecule has 4 aromatic rings. The van der Waals surface area contributed by atoms with Gasteiger partial charge in [0.2, 0.25) is 5.91 Å². The fourth-order valence-corrected chi connectivity index (χ4v) is 7.01. The van der Waals surface area contributed by atoms with Gasteiger partial charge in [-0.3, -0.25) is 10.1 Å². The standard InChI is InChI=1S/C33H35F2N5O5S/c1-18(2)46(43,44)29-10-8-22(39-33(42)45-4)16-25(29)28-6-5-13-40(28)32(41)30(24-14-19(3)26(34)17-27(24)35)38-21-7-9-23-20(15-21)11-12-37-31(23)36/h7-12,14-18,28,30,38H,5-6,13H2,1-4H3,(H2,36,37)(H,39,42). The van der Waals surface area contributed by atoms with E-state index in [2.05, 4.69) is 15.6 Å². The molecule has 46 heavy (non-hydrogen) atoms. The number of fused-ring (bicyclic) bond motifs is 1. The number of amides is 2. The lowest BCUT2D eigenvalue weighted by Gasteiger charge is -2.32. The second kappa shape index (κ2) is 12.9. The number of nitrogen functional groups attached to an aromatic ring is 1. The SMILES string of the molecule is COC(=O)Nc1ccc(S(=O)(=O)C(C)C)c(C2CCCN2C(=O)C(Nc2ccc3c(N)nccc3c2)c2cc(C)c(F)cc2F)c1. The number of carbonyl (C=O) groups excluding carboxylic acids is 2. The summed E-state index contributed by atoms with van der Waals surface area (Å²) in [5, 5.41) is 6.36. The fourth-order valence-electron chi connectivity index (χ4n) is 5.72. The Bertz CT molecular complexity index is 1940. The van der Waals surface area contributed by atoms with Crippen LogP contribution >= 0.6 is 0 Å². The molecule has 13 heteroatoms. The van der Waals surface area contributed by atoms with Gasteiger partial charge in [0, 0.05) is 41.1 Å². The number of ether oxygens (including phenoxy) is 1. The Morgan fingerprint density at radius 1 is 1.04 bits per heavy atom. The van der Waals surface area contributed by atoms with Gasteiger partial charge >= 0.3 is 6.09 Å². The predicted octanol–water partition coefficient (Wildman–Crippen LogP) is 6.28. The van der Waals surface area contributed by atoms with Gasteiger partial charge < -0.3 is 20.7 Å². The Morgan fingerprint density at radius 2 is 1.78 bits per heavy atom. The van der Waals surface area contributed by atoms with E-state index in [9.17, 15) is 22.4 Å². The number of aromatic nitrogens is 1. The summed E-state index contributed by atoms with van der Waals surface area (Å²) >= 11 is 0. The van der Waals surface area contributed by atoms with E-state index in [0.717, 1.165) is 11.5 Å². The minimum atomic E-state index is -3.82. The molecule has 3 aromatic carbocycles. The van der Waals surface area contributed by atoms with Gasteiger partial charge in [-0.15, -0.1) is 0 Å². The lowest BCUT2D eigenvalue weighted by atomic mass is 9.99. The first kappa shape index (κ1) is 32.6. The van der Waals surface area contributed by atoms with Crippen molar-refractivity contribution in [3.8, 4) is 0 Å². The van der Waals surface area contributed by atoms with Crippen LogP contribution in [0.2, 0.25) is 0 Å². The molecule has 10 nitrogen and oxygen atoms in total. The summed E-state index contributed by atoms with van der Waals surface area (Å²) in [6.45, 7) is 4.85. The van der Waals surface area contributed by atoms with Crippen LogP contribution < -0.4 is 16.4 Å². The third-order valence-corrected chi connectivity index (χ3v) is 10.4. The van der Waals surface area contributed by atoms with Crippen molar-refractivity contribution in [3.05, 3.63) is 89.1 Å². The number of anilines is 3. The lowest BCUT2D eigenvalue weighted by molar-refractivity contribution is -0.133. The number of sulfone groups is 1. The highest BCUT2D eigenvalue weighted by molar-refractivity contribution is 7.92. The quantitative estimate of drug-likeness (QED) is 0.202. The third kappa shape index (κ3) is 6.32. The summed E-state index contributed by atoms with van der Waals surface area (Å²) < 4.78 is 61.5. The largest absolute Gasteiger partial charge is 0.453 e. The number of carbonyl (C=O) groups is 2. The summed E-state index contributed by atoms with van der Waals surface area (Å²) in [5.74, 6) is -1.88. The minimum absolute atomic E-state index is 0.0247. The van der Waals surface area contributed by atoms with Crippen LogP contribution in [0.1, 0.15) is 55.5 Å². The van der Waals surface area contributed by atoms with E-state index in [4.69, 9.17) is 10.5 Å². The number of benzene rings is 3. The van der Waals surface area contributed by atoms with Crippen molar-refractivity contribution < 1.29 is 31.5 Å². The second-order valence-corrected chi connectivity index (χ2v) is 14.0. The second-order valence-electron chi connectivity index (χ2n) is 11.5. The summed E-state index contributed by atoms with van der Waals surface area (Å²) in [4.78, 5) is 32.1. The maximum Gasteiger partial charge on any atom is 0.411 e. The molecule has 2 heterocycles. The Balaban J connectivity index is 1.61. The van der Waals surface area contributed by atoms with Crippen molar-refractivity contribution in [1.82, 2.24) is 9.88 Å². The van der Waals surface area contributed by atoms with E-state index in [0.29, 0.717) is 35.3 Å². The van der Waals surface area contributed by atoms with Crippen molar-refractivity contribution in [1.29, 1.82) is 0 Å². The Labute approximate surface area is 265 Å². The first-order chi connectivity index (χ1) is 21.8. The average molecular weight is 652 g/mol. The van der Waals surface area contributed by atoms with Gasteiger partial charge in [0.1, 0.15) is 23.5 Å². The highest BCUT2D eigenvalue weighted by Crippen LogP contribution is 2.40. The van der Waals surface area contributed by atoms with Gasteiger partial charge in [0.05, 0.1) is 23.3 Å². The van der Waals surface area contributed by atoms with Crippen molar-refractivity contribution in [2.45, 2.75) is 55.8 Å². The molecule has 242 valence electrons. The zero-order valence-electron chi connectivity index (χ0n) is 25.8. The maximum atomic E-state index is 15.5. The molecule has 2 unspecified atom stereocenters. The van der Waals surface area contributed by atoms with Crippen LogP contribution in [-0.4, -0.2) is 49.2 Å². The summed E-state index contributed by atoms with van der Waals surface area (Å²) in [6, 6.07) is 11.3. The topological polar surface area (TPSA) is 144 Å². The van der Waals surface area contributed by atoms with Gasteiger partial charge in [-0.25, -0.2) is 27.0 Å². The number of rotatable bonds is 8. The number of hydrogen-bond donors (Lipinski definition) is 3. The number of pyridine rings is 1. The molecule has 1 saturated heterocycles. The summed E-state index contributed by atoms with van der Waals surface area (Å²) in [6.07, 6.45) is 1.75. The van der Waals surface area contributed by atoms with Crippen molar-refractivity contribution in [3.63, 3.8) is 0 Å². The number of halogens is 2. The number of nitrogens with two attached hydrogens (primary N) is 1. The highest BCUT2D eigenvalue weighted by atomic mass is 32.2. The molecule has 0 aliphatic carbocycles. The molecule has 4 N–H and O–H groups in total. The number of likely N-dealkylation sites (tertiary alicyclic amines) is 1. The molecule has 2 amide bonds. The molecule has 1 aliphatic rings. The van der Waals surface area contributed by atoms with E-state index in [1.807, 2.05) is 0 Å². The fraction of sp³-hybridized carbons (Fsp3) is 0.303. The molecule has 1 aliphatic heterocycles. The van der Waals surface area contributed by atoms with Gasteiger partial charge in [0.15, 0.2) is 9.84 Å². The number of hydrogen-bond acceptors (Lipinski definition) is 8. The van der Waals surface area contributed by atoms with E-state index in [1.165, 1.54) is 43.2 Å². The Hall–Kier alpha value is -4.78.